The smallest absolute Gasteiger partial charge is 0.345 e. The second-order valence-corrected chi connectivity index (χ2v) is 7.55. The molecule has 0 aliphatic carbocycles. The Morgan fingerprint density at radius 3 is 2.97 bits per heavy atom. The molecule has 3 N–H and O–H groups in total. The molecule has 0 unspecified atom stereocenters. The fraction of sp³-hybridized carbons (Fsp3) is 0.368. The molecule has 1 atom stereocenters. The molecule has 164 valence electrons. The minimum Gasteiger partial charge on any atom is -0.345 e. The van der Waals surface area contributed by atoms with Gasteiger partial charge in [-0.2, -0.15) is 13.2 Å². The normalized spacial score (nSPS) is 17.3. The third-order valence-corrected chi connectivity index (χ3v) is 5.14. The summed E-state index contributed by atoms with van der Waals surface area (Å²) in [5.41, 5.74) is 1.97. The van der Waals surface area contributed by atoms with Gasteiger partial charge < -0.3 is 20.5 Å². The molecule has 1 saturated heterocycles. The predicted octanol–water partition coefficient (Wildman–Crippen LogP) is 2.17. The first-order valence-corrected chi connectivity index (χ1v) is 9.92. The Balaban J connectivity index is 1.57. The average Bonchev–Trinajstić information content (AvgIpc) is 3.16. The maximum atomic E-state index is 12.6. The first-order valence-electron chi connectivity index (χ1n) is 9.54. The van der Waals surface area contributed by atoms with Crippen molar-refractivity contribution in [1.82, 2.24) is 30.6 Å². The number of alkyl halides is 3. The third kappa shape index (κ3) is 4.94. The van der Waals surface area contributed by atoms with Gasteiger partial charge >= 0.3 is 6.18 Å². The van der Waals surface area contributed by atoms with Crippen LogP contribution in [0.25, 0.3) is 22.3 Å². The molecule has 12 heteroatoms. The van der Waals surface area contributed by atoms with Gasteiger partial charge in [0.2, 0.25) is 0 Å². The molecule has 4 heterocycles. The Hall–Kier alpha value is -2.76. The lowest BCUT2D eigenvalue weighted by Crippen LogP contribution is -2.57. The second-order valence-electron chi connectivity index (χ2n) is 7.11. The van der Waals surface area contributed by atoms with Gasteiger partial charge in [-0.3, -0.25) is 9.78 Å². The molecule has 0 spiro atoms. The first-order chi connectivity index (χ1) is 14.8. The maximum Gasteiger partial charge on any atom is 0.401 e. The summed E-state index contributed by atoms with van der Waals surface area (Å²) in [6.45, 7) is -0.216. The number of Topliss-reactive ketones (excluding diaryl/α,β-unsaturated/α-hetero) is 1. The number of nitrogens with one attached hydrogen (secondary N) is 3. The highest BCUT2D eigenvalue weighted by molar-refractivity contribution is 6.31. The van der Waals surface area contributed by atoms with Gasteiger partial charge in [0.05, 0.1) is 36.2 Å². The number of aromatic amines is 1. The van der Waals surface area contributed by atoms with Crippen molar-refractivity contribution in [2.45, 2.75) is 12.2 Å². The number of carbonyl (C=O) groups is 1. The van der Waals surface area contributed by atoms with Crippen LogP contribution < -0.4 is 15.5 Å². The van der Waals surface area contributed by atoms with Crippen LogP contribution in [0.3, 0.4) is 0 Å². The molecule has 1 fully saturated rings. The molecule has 3 aromatic rings. The lowest BCUT2D eigenvalue weighted by molar-refractivity contribution is -0.128. The molecular weight excluding hydrogens is 435 g/mol. The summed E-state index contributed by atoms with van der Waals surface area (Å²) >= 11 is 6.07. The van der Waals surface area contributed by atoms with Crippen LogP contribution in [-0.4, -0.2) is 70.7 Å². The summed E-state index contributed by atoms with van der Waals surface area (Å²) in [6.07, 6.45) is 2.05. The number of piperazine rings is 1. The minimum absolute atomic E-state index is 0.311. The van der Waals surface area contributed by atoms with Crippen molar-refractivity contribution in [2.75, 3.05) is 37.6 Å². The maximum absolute atomic E-state index is 12.6. The number of carbonyl (C=O) groups excluding carboxylic acids is 1. The van der Waals surface area contributed by atoms with Gasteiger partial charge in [0, 0.05) is 43.0 Å². The number of hydrogen-bond donors (Lipinski definition) is 3. The molecule has 1 aliphatic heterocycles. The van der Waals surface area contributed by atoms with Crippen LogP contribution in [0.15, 0.2) is 30.9 Å². The van der Waals surface area contributed by atoms with E-state index >= 15 is 0 Å². The standard InChI is InChI=1S/C19H19ClF3N7O/c20-11-3-12-13(5-28-18(12)27-4-11)14-6-25-9-17(29-14)30-2-1-24-7-15(30)16(31)8-26-10-19(21,22)23/h3-6,9,15,24,26H,1-2,7-8,10H2,(H,27,28)/t15-/m1/s1. The molecule has 0 radical (unpaired) electrons. The Morgan fingerprint density at radius 2 is 2.16 bits per heavy atom. The first kappa shape index (κ1) is 21.5. The molecule has 0 amide bonds. The van der Waals surface area contributed by atoms with Crippen LogP contribution in [0.4, 0.5) is 19.0 Å². The number of aromatic nitrogens is 4. The van der Waals surface area contributed by atoms with E-state index < -0.39 is 18.8 Å². The zero-order valence-corrected chi connectivity index (χ0v) is 17.0. The van der Waals surface area contributed by atoms with Crippen molar-refractivity contribution in [3.8, 4) is 11.3 Å². The zero-order chi connectivity index (χ0) is 22.0. The molecule has 0 bridgehead atoms. The molecule has 4 rings (SSSR count). The molecule has 8 nitrogen and oxygen atoms in total. The highest BCUT2D eigenvalue weighted by atomic mass is 35.5. The SMILES string of the molecule is O=C(CNCC(F)(F)F)[C@H]1CNCCN1c1cncc(-c2c[nH]c3ncc(Cl)cc23)n1. The summed E-state index contributed by atoms with van der Waals surface area (Å²) in [6, 6.07) is 1.12. The van der Waals surface area contributed by atoms with Crippen molar-refractivity contribution in [3.63, 3.8) is 0 Å². The molecule has 3 aromatic heterocycles. The molecular formula is C19H19ClF3N7O. The van der Waals surface area contributed by atoms with Crippen molar-refractivity contribution in [3.05, 3.63) is 35.9 Å². The van der Waals surface area contributed by atoms with E-state index in [2.05, 4.69) is 30.6 Å². The topological polar surface area (TPSA) is 98.8 Å². The number of anilines is 1. The van der Waals surface area contributed by atoms with Crippen LogP contribution in [0.2, 0.25) is 5.02 Å². The predicted molar refractivity (Wildman–Crippen MR) is 110 cm³/mol. The number of ketones is 1. The molecule has 0 saturated carbocycles. The van der Waals surface area contributed by atoms with Crippen molar-refractivity contribution in [1.29, 1.82) is 0 Å². The van der Waals surface area contributed by atoms with Crippen LogP contribution >= 0.6 is 11.6 Å². The molecule has 0 aromatic carbocycles. The summed E-state index contributed by atoms with van der Waals surface area (Å²) in [5.74, 6) is 0.115. The highest BCUT2D eigenvalue weighted by Crippen LogP contribution is 2.29. The second kappa shape index (κ2) is 8.77. The van der Waals surface area contributed by atoms with E-state index in [4.69, 9.17) is 11.6 Å². The summed E-state index contributed by atoms with van der Waals surface area (Å²) in [7, 11) is 0. The average molecular weight is 454 g/mol. The van der Waals surface area contributed by atoms with Crippen molar-refractivity contribution < 1.29 is 18.0 Å². The van der Waals surface area contributed by atoms with Gasteiger partial charge in [0.25, 0.3) is 0 Å². The Morgan fingerprint density at radius 1 is 1.32 bits per heavy atom. The lowest BCUT2D eigenvalue weighted by atomic mass is 10.1. The molecule has 31 heavy (non-hydrogen) atoms. The van der Waals surface area contributed by atoms with Crippen LogP contribution in [-0.2, 0) is 4.79 Å². The minimum atomic E-state index is -4.37. The summed E-state index contributed by atoms with van der Waals surface area (Å²) in [5, 5.41) is 6.53. The monoisotopic (exact) mass is 453 g/mol. The summed E-state index contributed by atoms with van der Waals surface area (Å²) in [4.78, 5) is 30.6. The Bertz CT molecular complexity index is 1090. The van der Waals surface area contributed by atoms with Gasteiger partial charge in [-0.25, -0.2) is 9.97 Å². The van der Waals surface area contributed by atoms with Crippen LogP contribution in [0.1, 0.15) is 0 Å². The van der Waals surface area contributed by atoms with E-state index in [0.717, 1.165) is 10.9 Å². The Kier molecular flexibility index (Phi) is 6.08. The number of fused-ring (bicyclic) bond motifs is 1. The number of rotatable bonds is 6. The zero-order valence-electron chi connectivity index (χ0n) is 16.2. The number of pyridine rings is 1. The van der Waals surface area contributed by atoms with Crippen molar-refractivity contribution in [2.24, 2.45) is 0 Å². The van der Waals surface area contributed by atoms with Crippen molar-refractivity contribution >= 4 is 34.2 Å². The summed E-state index contributed by atoms with van der Waals surface area (Å²) < 4.78 is 37.1. The number of hydrogen-bond acceptors (Lipinski definition) is 7. The van der Waals surface area contributed by atoms with Crippen LogP contribution in [0, 0.1) is 0 Å². The Labute approximate surface area is 180 Å². The van der Waals surface area contributed by atoms with Gasteiger partial charge in [-0.05, 0) is 6.07 Å². The number of H-pyrrole nitrogens is 1. The van der Waals surface area contributed by atoms with E-state index in [-0.39, 0.29) is 12.3 Å². The van der Waals surface area contributed by atoms with E-state index in [1.807, 2.05) is 0 Å². The van der Waals surface area contributed by atoms with Gasteiger partial charge in [-0.15, -0.1) is 0 Å². The number of nitrogens with zero attached hydrogens (tertiary/aromatic N) is 4. The van der Waals surface area contributed by atoms with Crippen LogP contribution in [0.5, 0.6) is 0 Å². The lowest BCUT2D eigenvalue weighted by Gasteiger charge is -2.36. The third-order valence-electron chi connectivity index (χ3n) is 4.93. The highest BCUT2D eigenvalue weighted by Gasteiger charge is 2.31. The number of halogens is 4. The van der Waals surface area contributed by atoms with E-state index in [0.29, 0.717) is 41.8 Å². The quantitative estimate of drug-likeness (QED) is 0.526. The fourth-order valence-electron chi connectivity index (χ4n) is 3.53. The van der Waals surface area contributed by atoms with E-state index in [1.165, 1.54) is 12.4 Å². The molecule has 1 aliphatic rings. The van der Waals surface area contributed by atoms with Gasteiger partial charge in [0.15, 0.2) is 5.78 Å². The van der Waals surface area contributed by atoms with E-state index in [1.54, 1.807) is 23.4 Å². The van der Waals surface area contributed by atoms with Gasteiger partial charge in [0.1, 0.15) is 17.5 Å². The fourth-order valence-corrected chi connectivity index (χ4v) is 3.68. The largest absolute Gasteiger partial charge is 0.401 e. The van der Waals surface area contributed by atoms with E-state index in [9.17, 15) is 18.0 Å². The van der Waals surface area contributed by atoms with Gasteiger partial charge in [-0.1, -0.05) is 11.6 Å².